The number of carboxylic acid groups (broad SMARTS) is 1. The number of hydrogen-bond acceptors (Lipinski definition) is 3. The molecule has 0 aromatic carbocycles. The van der Waals surface area contributed by atoms with E-state index in [4.69, 9.17) is 5.11 Å². The van der Waals surface area contributed by atoms with Crippen LogP contribution >= 0.6 is 15.9 Å². The number of halogens is 1. The Labute approximate surface area is 114 Å². The van der Waals surface area contributed by atoms with Gasteiger partial charge < -0.3 is 10.0 Å². The summed E-state index contributed by atoms with van der Waals surface area (Å²) in [5, 5.41) is 8.97. The highest BCUT2D eigenvalue weighted by Gasteiger charge is 2.36. The van der Waals surface area contributed by atoms with Crippen molar-refractivity contribution in [3.8, 4) is 0 Å². The van der Waals surface area contributed by atoms with E-state index in [1.165, 1.54) is 25.5 Å². The Morgan fingerprint density at radius 3 is 2.61 bits per heavy atom. The number of nitrogens with zero attached hydrogens (tertiary/aromatic N) is 2. The average molecular weight is 311 g/mol. The fourth-order valence-corrected chi connectivity index (χ4v) is 3.65. The van der Waals surface area contributed by atoms with Crippen LogP contribution in [0.4, 0.5) is 5.82 Å². The SMILES string of the molecule is O=C(O)c1cnc(N2C[C@H]3CCC[C@H]3C2)cc1Br. The van der Waals surface area contributed by atoms with Gasteiger partial charge in [-0.05, 0) is 46.7 Å². The van der Waals surface area contributed by atoms with Gasteiger partial charge in [-0.2, -0.15) is 0 Å². The summed E-state index contributed by atoms with van der Waals surface area (Å²) >= 11 is 3.31. The lowest BCUT2D eigenvalue weighted by Gasteiger charge is -2.18. The van der Waals surface area contributed by atoms with Crippen LogP contribution in [-0.4, -0.2) is 29.1 Å². The zero-order valence-electron chi connectivity index (χ0n) is 9.97. The predicted molar refractivity (Wildman–Crippen MR) is 71.9 cm³/mol. The van der Waals surface area contributed by atoms with Crippen LogP contribution in [0.2, 0.25) is 0 Å². The third-order valence-corrected chi connectivity index (χ3v) is 4.78. The molecule has 0 bridgehead atoms. The number of carboxylic acids is 1. The van der Waals surface area contributed by atoms with Crippen LogP contribution in [0, 0.1) is 11.8 Å². The predicted octanol–water partition coefficient (Wildman–Crippen LogP) is 2.78. The summed E-state index contributed by atoms with van der Waals surface area (Å²) in [5.74, 6) is 1.56. The second kappa shape index (κ2) is 4.53. The Kier molecular flexibility index (Phi) is 3.01. The van der Waals surface area contributed by atoms with E-state index < -0.39 is 5.97 Å². The Balaban J connectivity index is 1.81. The highest BCUT2D eigenvalue weighted by molar-refractivity contribution is 9.10. The van der Waals surface area contributed by atoms with E-state index in [9.17, 15) is 4.79 Å². The van der Waals surface area contributed by atoms with Crippen molar-refractivity contribution in [3.05, 3.63) is 22.3 Å². The number of carbonyl (C=O) groups is 1. The Morgan fingerprint density at radius 2 is 2.06 bits per heavy atom. The number of fused-ring (bicyclic) bond motifs is 1. The van der Waals surface area contributed by atoms with Gasteiger partial charge in [-0.15, -0.1) is 0 Å². The van der Waals surface area contributed by atoms with Crippen LogP contribution in [0.25, 0.3) is 0 Å². The standard InChI is InChI=1S/C13H15BrN2O2/c14-11-4-12(15-5-10(11)13(17)18)16-6-8-2-1-3-9(8)7-16/h4-5,8-9H,1-3,6-7H2,(H,17,18)/t8-,9+. The fourth-order valence-electron chi connectivity index (χ4n) is 3.17. The number of pyridine rings is 1. The molecule has 4 nitrogen and oxygen atoms in total. The van der Waals surface area contributed by atoms with Gasteiger partial charge in [-0.25, -0.2) is 9.78 Å². The molecule has 1 aliphatic heterocycles. The van der Waals surface area contributed by atoms with Crippen LogP contribution in [0.1, 0.15) is 29.6 Å². The molecule has 0 unspecified atom stereocenters. The summed E-state index contributed by atoms with van der Waals surface area (Å²) in [6.45, 7) is 2.13. The van der Waals surface area contributed by atoms with Crippen molar-refractivity contribution in [1.29, 1.82) is 0 Å². The van der Waals surface area contributed by atoms with Crippen molar-refractivity contribution in [2.24, 2.45) is 11.8 Å². The van der Waals surface area contributed by atoms with Gasteiger partial charge in [0.15, 0.2) is 0 Å². The molecular formula is C13H15BrN2O2. The molecule has 1 aromatic heterocycles. The first-order valence-electron chi connectivity index (χ1n) is 6.29. The first kappa shape index (κ1) is 12.0. The molecule has 96 valence electrons. The molecule has 0 amide bonds. The van der Waals surface area contributed by atoms with Crippen molar-refractivity contribution in [2.45, 2.75) is 19.3 Å². The fraction of sp³-hybridized carbons (Fsp3) is 0.538. The van der Waals surface area contributed by atoms with Gasteiger partial charge in [-0.1, -0.05) is 6.42 Å². The number of hydrogen-bond donors (Lipinski definition) is 1. The van der Waals surface area contributed by atoms with Crippen molar-refractivity contribution in [2.75, 3.05) is 18.0 Å². The quantitative estimate of drug-likeness (QED) is 0.912. The van der Waals surface area contributed by atoms with Crippen LogP contribution in [0.3, 0.4) is 0 Å². The van der Waals surface area contributed by atoms with E-state index in [-0.39, 0.29) is 5.56 Å². The molecule has 0 radical (unpaired) electrons. The molecule has 18 heavy (non-hydrogen) atoms. The van der Waals surface area contributed by atoms with Gasteiger partial charge in [-0.3, -0.25) is 0 Å². The number of rotatable bonds is 2. The second-order valence-electron chi connectivity index (χ2n) is 5.18. The number of anilines is 1. The smallest absolute Gasteiger partial charge is 0.338 e. The maximum atomic E-state index is 10.9. The lowest BCUT2D eigenvalue weighted by Crippen LogP contribution is -2.22. The molecule has 2 heterocycles. The number of aromatic carboxylic acids is 1. The minimum absolute atomic E-state index is 0.221. The normalized spacial score (nSPS) is 26.4. The molecule has 2 fully saturated rings. The van der Waals surface area contributed by atoms with E-state index in [1.54, 1.807) is 0 Å². The van der Waals surface area contributed by atoms with E-state index in [2.05, 4.69) is 25.8 Å². The molecule has 1 saturated heterocycles. The molecule has 3 rings (SSSR count). The number of aromatic nitrogens is 1. The third-order valence-electron chi connectivity index (χ3n) is 4.12. The lowest BCUT2D eigenvalue weighted by atomic mass is 10.0. The van der Waals surface area contributed by atoms with Gasteiger partial charge in [0, 0.05) is 23.8 Å². The zero-order valence-corrected chi connectivity index (χ0v) is 11.6. The Bertz CT molecular complexity index is 480. The van der Waals surface area contributed by atoms with E-state index in [0.29, 0.717) is 4.47 Å². The summed E-state index contributed by atoms with van der Waals surface area (Å²) in [6.07, 6.45) is 5.46. The molecule has 0 spiro atoms. The van der Waals surface area contributed by atoms with Crippen molar-refractivity contribution < 1.29 is 9.90 Å². The monoisotopic (exact) mass is 310 g/mol. The maximum absolute atomic E-state index is 10.9. The second-order valence-corrected chi connectivity index (χ2v) is 6.04. The third kappa shape index (κ3) is 2.00. The van der Waals surface area contributed by atoms with Crippen molar-refractivity contribution in [1.82, 2.24) is 4.98 Å². The van der Waals surface area contributed by atoms with Gasteiger partial charge >= 0.3 is 5.97 Å². The van der Waals surface area contributed by atoms with Crippen LogP contribution in [0.5, 0.6) is 0 Å². The first-order chi connectivity index (χ1) is 8.65. The minimum atomic E-state index is -0.945. The average Bonchev–Trinajstić information content (AvgIpc) is 2.87. The molecule has 1 saturated carbocycles. The van der Waals surface area contributed by atoms with E-state index in [1.807, 2.05) is 6.07 Å². The summed E-state index contributed by atoms with van der Waals surface area (Å²) in [5.41, 5.74) is 0.221. The lowest BCUT2D eigenvalue weighted by molar-refractivity contribution is 0.0695. The molecule has 5 heteroatoms. The first-order valence-corrected chi connectivity index (χ1v) is 7.08. The van der Waals surface area contributed by atoms with Crippen molar-refractivity contribution in [3.63, 3.8) is 0 Å². The van der Waals surface area contributed by atoms with E-state index in [0.717, 1.165) is 30.7 Å². The van der Waals surface area contributed by atoms with Crippen LogP contribution in [0.15, 0.2) is 16.7 Å². The zero-order chi connectivity index (χ0) is 12.7. The van der Waals surface area contributed by atoms with E-state index >= 15 is 0 Å². The summed E-state index contributed by atoms with van der Waals surface area (Å²) in [6, 6.07) is 1.82. The van der Waals surface area contributed by atoms with Crippen LogP contribution < -0.4 is 4.90 Å². The van der Waals surface area contributed by atoms with Gasteiger partial charge in [0.2, 0.25) is 0 Å². The molecule has 1 N–H and O–H groups in total. The molecule has 1 aromatic rings. The topological polar surface area (TPSA) is 53.4 Å². The Hall–Kier alpha value is -1.10. The largest absolute Gasteiger partial charge is 0.478 e. The van der Waals surface area contributed by atoms with Gasteiger partial charge in [0.1, 0.15) is 5.82 Å². The van der Waals surface area contributed by atoms with Crippen LogP contribution in [-0.2, 0) is 0 Å². The minimum Gasteiger partial charge on any atom is -0.478 e. The summed E-state index contributed by atoms with van der Waals surface area (Å²) in [4.78, 5) is 17.5. The van der Waals surface area contributed by atoms with Gasteiger partial charge in [0.25, 0.3) is 0 Å². The summed E-state index contributed by atoms with van der Waals surface area (Å²) < 4.78 is 0.608. The summed E-state index contributed by atoms with van der Waals surface area (Å²) in [7, 11) is 0. The highest BCUT2D eigenvalue weighted by Crippen LogP contribution is 2.39. The molecule has 1 aliphatic carbocycles. The maximum Gasteiger partial charge on any atom is 0.338 e. The highest BCUT2D eigenvalue weighted by atomic mass is 79.9. The van der Waals surface area contributed by atoms with Crippen molar-refractivity contribution >= 4 is 27.7 Å². The Morgan fingerprint density at radius 1 is 1.39 bits per heavy atom. The molecule has 2 aliphatic rings. The molecular weight excluding hydrogens is 296 g/mol. The van der Waals surface area contributed by atoms with Gasteiger partial charge in [0.05, 0.1) is 5.56 Å². The molecule has 2 atom stereocenters.